The highest BCUT2D eigenvalue weighted by molar-refractivity contribution is 5.78. The SMILES string of the molecule is O=C1CCCN1CCc1ccc(C2=CCC3CN(Cc4ccccc4)CC23)cc1. The van der Waals surface area contributed by atoms with Gasteiger partial charge in [-0.2, -0.15) is 0 Å². The molecule has 2 aromatic rings. The summed E-state index contributed by atoms with van der Waals surface area (Å²) in [6, 6.07) is 20.0. The van der Waals surface area contributed by atoms with Crippen LogP contribution >= 0.6 is 0 Å². The van der Waals surface area contributed by atoms with Crippen molar-refractivity contribution in [3.63, 3.8) is 0 Å². The van der Waals surface area contributed by atoms with Crippen LogP contribution < -0.4 is 0 Å². The largest absolute Gasteiger partial charge is 0.342 e. The lowest BCUT2D eigenvalue weighted by molar-refractivity contribution is -0.127. The lowest BCUT2D eigenvalue weighted by atomic mass is 9.90. The maximum atomic E-state index is 11.8. The van der Waals surface area contributed by atoms with Crippen LogP contribution in [0.4, 0.5) is 0 Å². The zero-order valence-corrected chi connectivity index (χ0v) is 17.1. The molecule has 3 heteroatoms. The summed E-state index contributed by atoms with van der Waals surface area (Å²) in [7, 11) is 0. The number of rotatable bonds is 6. The van der Waals surface area contributed by atoms with E-state index in [1.165, 1.54) is 36.2 Å². The van der Waals surface area contributed by atoms with Crippen molar-refractivity contribution in [1.82, 2.24) is 9.80 Å². The molecule has 2 unspecified atom stereocenters. The van der Waals surface area contributed by atoms with Crippen LogP contribution in [0.25, 0.3) is 5.57 Å². The number of hydrogen-bond acceptors (Lipinski definition) is 2. The first kappa shape index (κ1) is 18.6. The minimum atomic E-state index is 0.324. The van der Waals surface area contributed by atoms with E-state index in [-0.39, 0.29) is 0 Å². The van der Waals surface area contributed by atoms with Crippen molar-refractivity contribution in [3.8, 4) is 0 Å². The average molecular weight is 387 g/mol. The predicted molar refractivity (Wildman–Crippen MR) is 117 cm³/mol. The van der Waals surface area contributed by atoms with E-state index in [1.807, 2.05) is 4.90 Å². The Kier molecular flexibility index (Phi) is 5.24. The zero-order valence-electron chi connectivity index (χ0n) is 17.1. The van der Waals surface area contributed by atoms with Crippen molar-refractivity contribution >= 4 is 11.5 Å². The fraction of sp³-hybridized carbons (Fsp3) is 0.423. The molecule has 0 aromatic heterocycles. The molecule has 0 spiro atoms. The van der Waals surface area contributed by atoms with Crippen LogP contribution in [0.1, 0.15) is 36.0 Å². The minimum absolute atomic E-state index is 0.324. The van der Waals surface area contributed by atoms with Gasteiger partial charge in [0.15, 0.2) is 0 Å². The highest BCUT2D eigenvalue weighted by atomic mass is 16.2. The second-order valence-electron chi connectivity index (χ2n) is 8.87. The number of nitrogens with zero attached hydrogens (tertiary/aromatic N) is 2. The highest BCUT2D eigenvalue weighted by Crippen LogP contribution is 2.43. The maximum Gasteiger partial charge on any atom is 0.222 e. The molecule has 1 aliphatic carbocycles. The fourth-order valence-electron chi connectivity index (χ4n) is 5.35. The van der Waals surface area contributed by atoms with E-state index in [4.69, 9.17) is 0 Å². The van der Waals surface area contributed by atoms with Crippen molar-refractivity contribution in [2.45, 2.75) is 32.2 Å². The topological polar surface area (TPSA) is 23.6 Å². The number of amides is 1. The van der Waals surface area contributed by atoms with Crippen molar-refractivity contribution < 1.29 is 4.79 Å². The van der Waals surface area contributed by atoms with Gasteiger partial charge >= 0.3 is 0 Å². The molecule has 0 radical (unpaired) electrons. The molecule has 5 rings (SSSR count). The molecule has 2 saturated heterocycles. The first-order chi connectivity index (χ1) is 14.3. The summed E-state index contributed by atoms with van der Waals surface area (Å²) < 4.78 is 0. The molecule has 2 aromatic carbocycles. The van der Waals surface area contributed by atoms with Gasteiger partial charge in [0.2, 0.25) is 5.91 Å². The van der Waals surface area contributed by atoms with Crippen LogP contribution in [0.3, 0.4) is 0 Å². The number of carbonyl (C=O) groups is 1. The maximum absolute atomic E-state index is 11.8. The van der Waals surface area contributed by atoms with E-state index in [1.54, 1.807) is 5.57 Å². The van der Waals surface area contributed by atoms with E-state index in [9.17, 15) is 4.79 Å². The van der Waals surface area contributed by atoms with Crippen molar-refractivity contribution in [2.24, 2.45) is 11.8 Å². The van der Waals surface area contributed by atoms with E-state index in [0.29, 0.717) is 11.8 Å². The van der Waals surface area contributed by atoms with Crippen molar-refractivity contribution in [3.05, 3.63) is 77.4 Å². The first-order valence-electron chi connectivity index (χ1n) is 11.1. The summed E-state index contributed by atoms with van der Waals surface area (Å²) in [5, 5.41) is 0. The summed E-state index contributed by atoms with van der Waals surface area (Å²) >= 11 is 0. The predicted octanol–water partition coefficient (Wildman–Crippen LogP) is 4.39. The standard InChI is InChI=1S/C26H30N2O/c29-26-7-4-15-28(26)16-14-20-8-10-22(11-9-20)24-13-12-23-18-27(19-25(23)24)17-21-5-2-1-3-6-21/h1-3,5-6,8-11,13,23,25H,4,7,12,14-19H2. The Labute approximate surface area is 174 Å². The van der Waals surface area contributed by atoms with Gasteiger partial charge in [-0.05, 0) is 47.4 Å². The van der Waals surface area contributed by atoms with Gasteiger partial charge in [-0.15, -0.1) is 0 Å². The molecule has 2 fully saturated rings. The second-order valence-corrected chi connectivity index (χ2v) is 8.87. The molecule has 3 aliphatic rings. The molecular weight excluding hydrogens is 356 g/mol. The lowest BCUT2D eigenvalue weighted by Gasteiger charge is -2.18. The smallest absolute Gasteiger partial charge is 0.222 e. The third-order valence-electron chi connectivity index (χ3n) is 6.93. The molecule has 150 valence electrons. The molecule has 0 saturated carbocycles. The number of benzene rings is 2. The number of fused-ring (bicyclic) bond motifs is 1. The molecule has 2 atom stereocenters. The third kappa shape index (κ3) is 4.02. The molecule has 2 heterocycles. The van der Waals surface area contributed by atoms with Gasteiger partial charge < -0.3 is 4.90 Å². The Hall–Kier alpha value is -2.39. The van der Waals surface area contributed by atoms with E-state index < -0.39 is 0 Å². The third-order valence-corrected chi connectivity index (χ3v) is 6.93. The summed E-state index contributed by atoms with van der Waals surface area (Å²) in [4.78, 5) is 16.4. The Morgan fingerprint density at radius 2 is 1.76 bits per heavy atom. The summed E-state index contributed by atoms with van der Waals surface area (Å²) in [6.45, 7) is 5.24. The van der Waals surface area contributed by atoms with Gasteiger partial charge in [-0.25, -0.2) is 0 Å². The van der Waals surface area contributed by atoms with Crippen LogP contribution in [0.5, 0.6) is 0 Å². The van der Waals surface area contributed by atoms with Crippen LogP contribution in [-0.4, -0.2) is 41.9 Å². The number of hydrogen-bond donors (Lipinski definition) is 0. The van der Waals surface area contributed by atoms with E-state index in [0.717, 1.165) is 44.8 Å². The number of allylic oxidation sites excluding steroid dienone is 1. The van der Waals surface area contributed by atoms with E-state index >= 15 is 0 Å². The minimum Gasteiger partial charge on any atom is -0.342 e. The van der Waals surface area contributed by atoms with E-state index in [2.05, 4.69) is 65.6 Å². The van der Waals surface area contributed by atoms with Crippen molar-refractivity contribution in [2.75, 3.05) is 26.2 Å². The highest BCUT2D eigenvalue weighted by Gasteiger charge is 2.38. The molecule has 2 aliphatic heterocycles. The average Bonchev–Trinajstić information content (AvgIpc) is 3.44. The van der Waals surface area contributed by atoms with Gasteiger partial charge in [-0.3, -0.25) is 9.69 Å². The van der Waals surface area contributed by atoms with Crippen LogP contribution in [0, 0.1) is 11.8 Å². The molecule has 0 bridgehead atoms. The molecule has 29 heavy (non-hydrogen) atoms. The zero-order chi connectivity index (χ0) is 19.6. The molecule has 3 nitrogen and oxygen atoms in total. The normalized spacial score (nSPS) is 24.2. The summed E-state index contributed by atoms with van der Waals surface area (Å²) in [6.07, 6.45) is 6.41. The first-order valence-corrected chi connectivity index (χ1v) is 11.1. The Balaban J connectivity index is 1.19. The molecule has 0 N–H and O–H groups in total. The second kappa shape index (κ2) is 8.16. The van der Waals surface area contributed by atoms with Crippen LogP contribution in [-0.2, 0) is 17.8 Å². The molecular formula is C26H30N2O. The monoisotopic (exact) mass is 386 g/mol. The Morgan fingerprint density at radius 1 is 0.931 bits per heavy atom. The van der Waals surface area contributed by atoms with Crippen LogP contribution in [0.15, 0.2) is 60.7 Å². The van der Waals surface area contributed by atoms with Gasteiger partial charge in [0, 0.05) is 45.1 Å². The Morgan fingerprint density at radius 3 is 2.52 bits per heavy atom. The van der Waals surface area contributed by atoms with Gasteiger partial charge in [-0.1, -0.05) is 60.7 Å². The van der Waals surface area contributed by atoms with Gasteiger partial charge in [0.1, 0.15) is 0 Å². The Bertz CT molecular complexity index is 887. The fourth-order valence-corrected chi connectivity index (χ4v) is 5.35. The summed E-state index contributed by atoms with van der Waals surface area (Å²) in [5.41, 5.74) is 5.69. The summed E-state index contributed by atoms with van der Waals surface area (Å²) in [5.74, 6) is 1.77. The quantitative estimate of drug-likeness (QED) is 0.735. The lowest BCUT2D eigenvalue weighted by Crippen LogP contribution is -2.26. The van der Waals surface area contributed by atoms with Crippen LogP contribution in [0.2, 0.25) is 0 Å². The number of carbonyl (C=O) groups excluding carboxylic acids is 1. The number of likely N-dealkylation sites (tertiary alicyclic amines) is 2. The molecule has 1 amide bonds. The van der Waals surface area contributed by atoms with Gasteiger partial charge in [0.05, 0.1) is 0 Å². The van der Waals surface area contributed by atoms with Gasteiger partial charge in [0.25, 0.3) is 0 Å². The van der Waals surface area contributed by atoms with Crippen molar-refractivity contribution in [1.29, 1.82) is 0 Å².